The van der Waals surface area contributed by atoms with Crippen LogP contribution in [-0.4, -0.2) is 64.5 Å². The Morgan fingerprint density at radius 1 is 1.35 bits per heavy atom. The quantitative estimate of drug-likeness (QED) is 0.410. The monoisotopic (exact) mass is 401 g/mol. The van der Waals surface area contributed by atoms with Crippen LogP contribution in [0.4, 0.5) is 0 Å². The van der Waals surface area contributed by atoms with Gasteiger partial charge in [-0.2, -0.15) is 0 Å². The Kier molecular flexibility index (Phi) is 8.99. The average Bonchev–Trinajstić information content (AvgIpc) is 3.08. The fourth-order valence-corrected chi connectivity index (χ4v) is 3.98. The predicted molar refractivity (Wildman–Crippen MR) is 109 cm³/mol. The molecule has 26 heavy (non-hydrogen) atoms. The third-order valence-corrected chi connectivity index (χ3v) is 5.30. The number of nitrogens with one attached hydrogen (secondary N) is 1. The van der Waals surface area contributed by atoms with Crippen LogP contribution in [0.2, 0.25) is 10.0 Å². The molecular formula is C19H29Cl2N3O2. The van der Waals surface area contributed by atoms with Gasteiger partial charge in [-0.3, -0.25) is 4.99 Å². The first kappa shape index (κ1) is 21.3. The molecule has 0 aromatic heterocycles. The first-order chi connectivity index (χ1) is 12.6. The molecule has 0 amide bonds. The number of guanidine groups is 1. The Bertz CT molecular complexity index is 578. The van der Waals surface area contributed by atoms with Crippen molar-refractivity contribution in [1.29, 1.82) is 0 Å². The van der Waals surface area contributed by atoms with E-state index in [9.17, 15) is 0 Å². The van der Waals surface area contributed by atoms with Crippen molar-refractivity contribution in [3.05, 3.63) is 33.8 Å². The first-order valence-corrected chi connectivity index (χ1v) is 9.78. The summed E-state index contributed by atoms with van der Waals surface area (Å²) >= 11 is 12.6. The van der Waals surface area contributed by atoms with E-state index in [1.165, 1.54) is 0 Å². The van der Waals surface area contributed by atoms with E-state index in [1.807, 2.05) is 25.2 Å². The van der Waals surface area contributed by atoms with E-state index in [-0.39, 0.29) is 5.92 Å². The Hall–Kier alpha value is -1.01. The molecule has 0 aliphatic carbocycles. The molecule has 0 bridgehead atoms. The number of halogens is 2. The molecule has 1 aromatic carbocycles. The highest BCUT2D eigenvalue weighted by atomic mass is 35.5. The van der Waals surface area contributed by atoms with E-state index in [0.29, 0.717) is 29.2 Å². The highest BCUT2D eigenvalue weighted by Crippen LogP contribution is 2.31. The molecule has 146 valence electrons. The maximum atomic E-state index is 6.32. The molecule has 1 N–H and O–H groups in total. The Morgan fingerprint density at radius 3 is 2.73 bits per heavy atom. The summed E-state index contributed by atoms with van der Waals surface area (Å²) in [6.07, 6.45) is 1.11. The topological polar surface area (TPSA) is 46.1 Å². The molecule has 7 heteroatoms. The number of ether oxygens (including phenoxy) is 2. The van der Waals surface area contributed by atoms with Crippen LogP contribution in [0.3, 0.4) is 0 Å². The minimum absolute atomic E-state index is 0.184. The highest BCUT2D eigenvalue weighted by Gasteiger charge is 2.25. The van der Waals surface area contributed by atoms with Gasteiger partial charge in [0.25, 0.3) is 0 Å². The van der Waals surface area contributed by atoms with Crippen molar-refractivity contribution in [3.63, 3.8) is 0 Å². The van der Waals surface area contributed by atoms with Crippen LogP contribution in [0.15, 0.2) is 23.2 Å². The van der Waals surface area contributed by atoms with E-state index in [1.54, 1.807) is 7.11 Å². The molecule has 0 saturated carbocycles. The Labute approximate surface area is 166 Å². The van der Waals surface area contributed by atoms with Gasteiger partial charge in [-0.05, 0) is 24.1 Å². The SMILES string of the molecule is CN=C(NCC(C)c1c(Cl)cccc1Cl)N1CCC(COCCOC)C1. The minimum Gasteiger partial charge on any atom is -0.382 e. The van der Waals surface area contributed by atoms with Crippen LogP contribution in [-0.2, 0) is 9.47 Å². The molecule has 1 saturated heterocycles. The molecule has 2 rings (SSSR count). The smallest absolute Gasteiger partial charge is 0.193 e. The van der Waals surface area contributed by atoms with Gasteiger partial charge in [0.05, 0.1) is 19.8 Å². The van der Waals surface area contributed by atoms with Gasteiger partial charge >= 0.3 is 0 Å². The molecule has 2 atom stereocenters. The summed E-state index contributed by atoms with van der Waals surface area (Å²) in [5.41, 5.74) is 0.977. The maximum absolute atomic E-state index is 6.32. The minimum atomic E-state index is 0.184. The zero-order chi connectivity index (χ0) is 18.9. The first-order valence-electron chi connectivity index (χ1n) is 9.03. The van der Waals surface area contributed by atoms with Gasteiger partial charge in [0.2, 0.25) is 0 Å². The molecule has 5 nitrogen and oxygen atoms in total. The van der Waals surface area contributed by atoms with Gasteiger partial charge in [-0.15, -0.1) is 0 Å². The van der Waals surface area contributed by atoms with Crippen LogP contribution in [0.25, 0.3) is 0 Å². The van der Waals surface area contributed by atoms with Gasteiger partial charge in [0, 0.05) is 55.7 Å². The van der Waals surface area contributed by atoms with Crippen LogP contribution < -0.4 is 5.32 Å². The number of rotatable bonds is 8. The summed E-state index contributed by atoms with van der Waals surface area (Å²) in [6.45, 7) is 6.83. The van der Waals surface area contributed by atoms with Crippen LogP contribution in [0.5, 0.6) is 0 Å². The van der Waals surface area contributed by atoms with Crippen molar-refractivity contribution in [2.24, 2.45) is 10.9 Å². The lowest BCUT2D eigenvalue weighted by atomic mass is 10.0. The summed E-state index contributed by atoms with van der Waals surface area (Å²) in [7, 11) is 3.50. The number of benzene rings is 1. The lowest BCUT2D eigenvalue weighted by molar-refractivity contribution is 0.0536. The number of hydrogen-bond donors (Lipinski definition) is 1. The highest BCUT2D eigenvalue weighted by molar-refractivity contribution is 6.36. The lowest BCUT2D eigenvalue weighted by Gasteiger charge is -2.24. The second-order valence-corrected chi connectivity index (χ2v) is 7.45. The van der Waals surface area contributed by atoms with Gasteiger partial charge < -0.3 is 19.7 Å². The van der Waals surface area contributed by atoms with E-state index in [2.05, 4.69) is 22.1 Å². The zero-order valence-electron chi connectivity index (χ0n) is 15.8. The second-order valence-electron chi connectivity index (χ2n) is 6.63. The zero-order valence-corrected chi connectivity index (χ0v) is 17.3. The third kappa shape index (κ3) is 6.02. The molecule has 2 unspecified atom stereocenters. The molecule has 1 aliphatic rings. The maximum Gasteiger partial charge on any atom is 0.193 e. The van der Waals surface area contributed by atoms with Crippen LogP contribution in [0.1, 0.15) is 24.8 Å². The van der Waals surface area contributed by atoms with Gasteiger partial charge in [-0.1, -0.05) is 36.2 Å². The number of likely N-dealkylation sites (tertiary alicyclic amines) is 1. The average molecular weight is 402 g/mol. The van der Waals surface area contributed by atoms with E-state index >= 15 is 0 Å². The molecule has 1 aromatic rings. The van der Waals surface area contributed by atoms with Crippen molar-refractivity contribution in [2.45, 2.75) is 19.3 Å². The summed E-state index contributed by atoms with van der Waals surface area (Å²) < 4.78 is 10.7. The molecule has 0 spiro atoms. The van der Waals surface area contributed by atoms with E-state index in [0.717, 1.165) is 44.2 Å². The fourth-order valence-electron chi connectivity index (χ4n) is 3.21. The van der Waals surface area contributed by atoms with Gasteiger partial charge in [-0.25, -0.2) is 0 Å². The predicted octanol–water partition coefficient (Wildman–Crippen LogP) is 3.66. The Morgan fingerprint density at radius 2 is 2.08 bits per heavy atom. The van der Waals surface area contributed by atoms with Crippen molar-refractivity contribution >= 4 is 29.2 Å². The van der Waals surface area contributed by atoms with Crippen molar-refractivity contribution in [2.75, 3.05) is 53.6 Å². The summed E-state index contributed by atoms with van der Waals surface area (Å²) in [5, 5.41) is 4.87. The van der Waals surface area contributed by atoms with Crippen molar-refractivity contribution in [1.82, 2.24) is 10.2 Å². The molecule has 1 fully saturated rings. The van der Waals surface area contributed by atoms with Crippen molar-refractivity contribution in [3.8, 4) is 0 Å². The van der Waals surface area contributed by atoms with Crippen molar-refractivity contribution < 1.29 is 9.47 Å². The normalized spacial score (nSPS) is 19.0. The number of hydrogen-bond acceptors (Lipinski definition) is 3. The summed E-state index contributed by atoms with van der Waals surface area (Å²) in [4.78, 5) is 6.71. The summed E-state index contributed by atoms with van der Waals surface area (Å²) in [5.74, 6) is 1.63. The summed E-state index contributed by atoms with van der Waals surface area (Å²) in [6, 6.07) is 5.62. The molecule has 1 heterocycles. The van der Waals surface area contributed by atoms with Gasteiger partial charge in [0.15, 0.2) is 5.96 Å². The number of methoxy groups -OCH3 is 1. The second kappa shape index (κ2) is 11.0. The number of aliphatic imine (C=N–C) groups is 1. The largest absolute Gasteiger partial charge is 0.382 e. The fraction of sp³-hybridized carbons (Fsp3) is 0.632. The van der Waals surface area contributed by atoms with Crippen LogP contribution in [0, 0.1) is 5.92 Å². The van der Waals surface area contributed by atoms with Gasteiger partial charge in [0.1, 0.15) is 0 Å². The van der Waals surface area contributed by atoms with Crippen LogP contribution >= 0.6 is 23.2 Å². The molecular weight excluding hydrogens is 373 g/mol. The number of nitrogens with zero attached hydrogens (tertiary/aromatic N) is 2. The molecule has 1 aliphatic heterocycles. The standard InChI is InChI=1S/C19H29Cl2N3O2/c1-14(18-16(20)5-4-6-17(18)21)11-23-19(22-2)24-8-7-15(12-24)13-26-10-9-25-3/h4-6,14-15H,7-13H2,1-3H3,(H,22,23). The lowest BCUT2D eigenvalue weighted by Crippen LogP contribution is -2.41. The van der Waals surface area contributed by atoms with E-state index < -0.39 is 0 Å². The molecule has 0 radical (unpaired) electrons. The third-order valence-electron chi connectivity index (χ3n) is 4.64. The van der Waals surface area contributed by atoms with E-state index in [4.69, 9.17) is 32.7 Å². The Balaban J connectivity index is 1.83.